The Morgan fingerprint density at radius 2 is 0.506 bits per heavy atom. The first-order valence-electron chi connectivity index (χ1n) is 34.4. The molecule has 81 heavy (non-hydrogen) atoms. The quantitative estimate of drug-likeness (QED) is 0.0261. The Morgan fingerprint density at radius 1 is 0.259 bits per heavy atom. The lowest BCUT2D eigenvalue weighted by Crippen LogP contribution is -2.30. The molecule has 0 aliphatic rings. The minimum atomic E-state index is -0.784. The molecule has 0 aromatic heterocycles. The van der Waals surface area contributed by atoms with Crippen LogP contribution in [0.5, 0.6) is 0 Å². The first-order valence-corrected chi connectivity index (χ1v) is 34.4. The maximum atomic E-state index is 12.9. The van der Waals surface area contributed by atoms with Crippen molar-refractivity contribution in [1.82, 2.24) is 0 Å². The smallest absolute Gasteiger partial charge is 0.306 e. The predicted octanol–water partition coefficient (Wildman–Crippen LogP) is 23.8. The second-order valence-corrected chi connectivity index (χ2v) is 22.7. The van der Waals surface area contributed by atoms with Gasteiger partial charge in [0.05, 0.1) is 0 Å². The molecule has 464 valence electrons. The Morgan fingerprint density at radius 3 is 0.815 bits per heavy atom. The third-order valence-electron chi connectivity index (χ3n) is 14.7. The molecule has 0 radical (unpaired) electrons. The summed E-state index contributed by atoms with van der Waals surface area (Å²) in [5.41, 5.74) is 0. The van der Waals surface area contributed by atoms with Crippen molar-refractivity contribution in [3.8, 4) is 0 Å². The molecule has 0 N–H and O–H groups in total. The summed E-state index contributed by atoms with van der Waals surface area (Å²) >= 11 is 0. The Balaban J connectivity index is 4.21. The number of carbonyl (C=O) groups excluding carboxylic acids is 3. The van der Waals surface area contributed by atoms with Gasteiger partial charge in [-0.3, -0.25) is 14.4 Å². The topological polar surface area (TPSA) is 78.9 Å². The first kappa shape index (κ1) is 77.1. The van der Waals surface area contributed by atoms with Crippen LogP contribution in [0.25, 0.3) is 0 Å². The number of unbranched alkanes of at least 4 members (excludes halogenated alkanes) is 33. The van der Waals surface area contributed by atoms with Gasteiger partial charge in [0.2, 0.25) is 0 Å². The van der Waals surface area contributed by atoms with Crippen molar-refractivity contribution in [3.05, 3.63) is 109 Å². The van der Waals surface area contributed by atoms with Crippen LogP contribution in [0.4, 0.5) is 0 Å². The summed E-state index contributed by atoms with van der Waals surface area (Å²) in [5.74, 6) is -0.888. The molecule has 6 nitrogen and oxygen atoms in total. The van der Waals surface area contributed by atoms with Crippen molar-refractivity contribution in [1.29, 1.82) is 0 Å². The van der Waals surface area contributed by atoms with Gasteiger partial charge >= 0.3 is 17.9 Å². The van der Waals surface area contributed by atoms with E-state index >= 15 is 0 Å². The standard InChI is InChI=1S/C75H128O6/c1-4-7-10-13-16-19-22-24-26-28-30-32-33-34-35-36-37-38-39-40-41-42-43-44-46-47-49-51-53-56-59-62-65-68-74(77)80-71-72(70-79-73(76)67-64-61-58-55-21-18-15-12-9-6-3)81-75(78)69-66-63-60-57-54-52-50-48-45-31-29-27-25-23-20-17-14-11-8-5-2/h7,10,12,15-16,19,24,26,30,32,34-35,37-38,40-41,43-44,72H,4-6,8-9,11,13-14,17-18,20-23,25,27-29,31,33,36,39,42,45-71H2,1-3H3/b10-7-,15-12-,19-16-,26-24-,32-30-,35-34-,38-37-,41-40-,44-43-. The molecule has 0 aliphatic heterocycles. The van der Waals surface area contributed by atoms with Gasteiger partial charge in [-0.1, -0.05) is 316 Å². The van der Waals surface area contributed by atoms with Gasteiger partial charge in [0.15, 0.2) is 6.10 Å². The van der Waals surface area contributed by atoms with Gasteiger partial charge in [0.1, 0.15) is 13.2 Å². The SMILES string of the molecule is CC/C=C\C/C=C\C/C=C\C/C=C\C/C=C\C/C=C\C/C=C\C/C=C\CCCCCCCCCCC(=O)OCC(COC(=O)CCCCCCC/C=C\CCC)OC(=O)CCCCCCCCCCCCCCCCCCCCCC. The average Bonchev–Trinajstić information content (AvgIpc) is 3.47. The van der Waals surface area contributed by atoms with Crippen LogP contribution in [0.15, 0.2) is 109 Å². The molecule has 1 atom stereocenters. The highest BCUT2D eigenvalue weighted by Crippen LogP contribution is 2.17. The van der Waals surface area contributed by atoms with Crippen LogP contribution in [-0.2, 0) is 28.6 Å². The average molecular weight is 1130 g/mol. The molecule has 0 saturated carbocycles. The number of hydrogen-bond acceptors (Lipinski definition) is 6. The van der Waals surface area contributed by atoms with Crippen LogP contribution in [0.3, 0.4) is 0 Å². The van der Waals surface area contributed by atoms with Crippen molar-refractivity contribution >= 4 is 17.9 Å². The monoisotopic (exact) mass is 1120 g/mol. The lowest BCUT2D eigenvalue weighted by atomic mass is 10.0. The molecule has 1 unspecified atom stereocenters. The summed E-state index contributed by atoms with van der Waals surface area (Å²) in [6.07, 6.45) is 94.0. The highest BCUT2D eigenvalue weighted by atomic mass is 16.6. The number of esters is 3. The normalized spacial score (nSPS) is 12.8. The molecule has 0 spiro atoms. The van der Waals surface area contributed by atoms with Crippen molar-refractivity contribution in [2.45, 2.75) is 335 Å². The Hall–Kier alpha value is -3.93. The second-order valence-electron chi connectivity index (χ2n) is 22.7. The molecule has 0 fully saturated rings. The summed E-state index contributed by atoms with van der Waals surface area (Å²) in [6.45, 7) is 6.48. The van der Waals surface area contributed by atoms with E-state index in [0.29, 0.717) is 19.3 Å². The fourth-order valence-corrected chi connectivity index (χ4v) is 9.64. The Bertz CT molecular complexity index is 1620. The van der Waals surface area contributed by atoms with E-state index in [-0.39, 0.29) is 31.1 Å². The zero-order chi connectivity index (χ0) is 58.5. The van der Waals surface area contributed by atoms with Crippen molar-refractivity contribution < 1.29 is 28.6 Å². The number of ether oxygens (including phenoxy) is 3. The third kappa shape index (κ3) is 66.8. The lowest BCUT2D eigenvalue weighted by Gasteiger charge is -2.18. The summed E-state index contributed by atoms with van der Waals surface area (Å²) in [6, 6.07) is 0. The van der Waals surface area contributed by atoms with Crippen LogP contribution in [0.2, 0.25) is 0 Å². The summed E-state index contributed by atoms with van der Waals surface area (Å²) in [7, 11) is 0. The number of rotatable bonds is 62. The molecule has 0 aliphatic carbocycles. The van der Waals surface area contributed by atoms with Crippen LogP contribution < -0.4 is 0 Å². The maximum Gasteiger partial charge on any atom is 0.306 e. The van der Waals surface area contributed by atoms with Gasteiger partial charge in [-0.2, -0.15) is 0 Å². The largest absolute Gasteiger partial charge is 0.462 e. The fourth-order valence-electron chi connectivity index (χ4n) is 9.64. The molecule has 0 amide bonds. The molecular formula is C75H128O6. The van der Waals surface area contributed by atoms with E-state index in [1.165, 1.54) is 161 Å². The number of hydrogen-bond donors (Lipinski definition) is 0. The second kappa shape index (κ2) is 68.6. The van der Waals surface area contributed by atoms with Crippen LogP contribution >= 0.6 is 0 Å². The van der Waals surface area contributed by atoms with E-state index in [0.717, 1.165) is 128 Å². The molecule has 0 aromatic rings. The van der Waals surface area contributed by atoms with E-state index in [9.17, 15) is 14.4 Å². The van der Waals surface area contributed by atoms with Gasteiger partial charge < -0.3 is 14.2 Å². The minimum Gasteiger partial charge on any atom is -0.462 e. The van der Waals surface area contributed by atoms with Gasteiger partial charge in [-0.15, -0.1) is 0 Å². The minimum absolute atomic E-state index is 0.0822. The fraction of sp³-hybridized carbons (Fsp3) is 0.720. The van der Waals surface area contributed by atoms with Crippen LogP contribution in [-0.4, -0.2) is 37.2 Å². The summed E-state index contributed by atoms with van der Waals surface area (Å²) in [5, 5.41) is 0. The van der Waals surface area contributed by atoms with Gasteiger partial charge in [0, 0.05) is 19.3 Å². The molecule has 0 rings (SSSR count). The summed E-state index contributed by atoms with van der Waals surface area (Å²) < 4.78 is 16.9. The molecule has 0 saturated heterocycles. The highest BCUT2D eigenvalue weighted by Gasteiger charge is 2.19. The van der Waals surface area contributed by atoms with E-state index in [1.54, 1.807) is 0 Å². The first-order chi connectivity index (χ1) is 40.0. The van der Waals surface area contributed by atoms with E-state index in [2.05, 4.69) is 130 Å². The van der Waals surface area contributed by atoms with E-state index < -0.39 is 6.10 Å². The molecule has 0 heterocycles. The Kier molecular flexibility index (Phi) is 65.2. The van der Waals surface area contributed by atoms with Crippen molar-refractivity contribution in [2.75, 3.05) is 13.2 Å². The van der Waals surface area contributed by atoms with Crippen LogP contribution in [0, 0.1) is 0 Å². The van der Waals surface area contributed by atoms with Gasteiger partial charge in [-0.25, -0.2) is 0 Å². The zero-order valence-corrected chi connectivity index (χ0v) is 53.3. The molecular weight excluding hydrogens is 997 g/mol. The maximum absolute atomic E-state index is 12.9. The zero-order valence-electron chi connectivity index (χ0n) is 53.3. The van der Waals surface area contributed by atoms with Crippen molar-refractivity contribution in [2.24, 2.45) is 0 Å². The third-order valence-corrected chi connectivity index (χ3v) is 14.7. The van der Waals surface area contributed by atoms with Gasteiger partial charge in [-0.05, 0) is 103 Å². The molecule has 0 aromatic carbocycles. The molecule has 0 bridgehead atoms. The number of allylic oxidation sites excluding steroid dienone is 18. The Labute approximate surface area is 501 Å². The highest BCUT2D eigenvalue weighted by molar-refractivity contribution is 5.71. The van der Waals surface area contributed by atoms with E-state index in [4.69, 9.17) is 14.2 Å². The number of carbonyl (C=O) groups is 3. The lowest BCUT2D eigenvalue weighted by molar-refractivity contribution is -0.167. The van der Waals surface area contributed by atoms with Crippen molar-refractivity contribution in [3.63, 3.8) is 0 Å². The van der Waals surface area contributed by atoms with Crippen LogP contribution in [0.1, 0.15) is 329 Å². The van der Waals surface area contributed by atoms with Gasteiger partial charge in [0.25, 0.3) is 0 Å². The predicted molar refractivity (Wildman–Crippen MR) is 353 cm³/mol. The van der Waals surface area contributed by atoms with E-state index in [1.807, 2.05) is 0 Å². The summed E-state index contributed by atoms with van der Waals surface area (Å²) in [4.78, 5) is 38.3. The molecule has 6 heteroatoms.